The topological polar surface area (TPSA) is 98.1 Å². The Morgan fingerprint density at radius 2 is 1.97 bits per heavy atom. The molecule has 0 N–H and O–H groups in total. The Kier molecular flexibility index (Phi) is 5.02. The van der Waals surface area contributed by atoms with Gasteiger partial charge in [-0.1, -0.05) is 23.7 Å². The number of rotatable bonds is 5. The van der Waals surface area contributed by atoms with Gasteiger partial charge < -0.3 is 9.15 Å². The van der Waals surface area contributed by atoms with E-state index in [-0.39, 0.29) is 30.8 Å². The van der Waals surface area contributed by atoms with E-state index in [0.29, 0.717) is 27.4 Å². The Morgan fingerprint density at radius 3 is 2.72 bits per heavy atom. The second-order valence-corrected chi connectivity index (χ2v) is 6.68. The summed E-state index contributed by atoms with van der Waals surface area (Å²) in [7, 11) is 0. The molecule has 0 aliphatic carbocycles. The second-order valence-electron chi connectivity index (χ2n) is 6.24. The van der Waals surface area contributed by atoms with Gasteiger partial charge in [0.25, 0.3) is 5.56 Å². The molecule has 0 fully saturated rings. The Balaban J connectivity index is 1.86. The number of carbonyl (C=O) groups excluding carboxylic acids is 1. The lowest BCUT2D eigenvalue weighted by molar-refractivity contribution is -0.142. The molecule has 0 saturated carbocycles. The fourth-order valence-electron chi connectivity index (χ4n) is 3.05. The standard InChI is InChI=1S/C21H14ClN3O4/c22-13-6-8-14(9-7-13)25-21(27)19-17(12-18(26)28-11-3-10-23)29-16-5-2-1-4-15(16)20(19)24-25/h1-2,4-9H,3,11-12H2. The summed E-state index contributed by atoms with van der Waals surface area (Å²) in [5, 5.41) is 14.3. The van der Waals surface area contributed by atoms with Gasteiger partial charge in [0, 0.05) is 10.4 Å². The van der Waals surface area contributed by atoms with Crippen molar-refractivity contribution >= 4 is 28.5 Å². The molecule has 2 aliphatic rings. The molecule has 2 heterocycles. The SMILES string of the molecule is N#CCCOC(=O)Cc1oc2ccccc2c2nn(-c3ccc(Cl)cc3)c(=O)c1-2. The van der Waals surface area contributed by atoms with Crippen LogP contribution in [0.15, 0.2) is 57.7 Å². The van der Waals surface area contributed by atoms with Crippen molar-refractivity contribution in [1.82, 2.24) is 9.78 Å². The Labute approximate surface area is 170 Å². The van der Waals surface area contributed by atoms with E-state index in [0.717, 1.165) is 0 Å². The lowest BCUT2D eigenvalue weighted by Crippen LogP contribution is -2.17. The zero-order valence-corrected chi connectivity index (χ0v) is 15.8. The van der Waals surface area contributed by atoms with Crippen molar-refractivity contribution in [2.24, 2.45) is 0 Å². The third-order valence-electron chi connectivity index (χ3n) is 4.35. The van der Waals surface area contributed by atoms with Gasteiger partial charge in [0.15, 0.2) is 0 Å². The Bertz CT molecular complexity index is 1270. The van der Waals surface area contributed by atoms with Gasteiger partial charge in [-0.05, 0) is 36.4 Å². The quantitative estimate of drug-likeness (QED) is 0.369. The Morgan fingerprint density at radius 1 is 1.21 bits per heavy atom. The predicted octanol–water partition coefficient (Wildman–Crippen LogP) is 3.74. The molecule has 29 heavy (non-hydrogen) atoms. The summed E-state index contributed by atoms with van der Waals surface area (Å²) in [5.41, 5.74) is 1.29. The summed E-state index contributed by atoms with van der Waals surface area (Å²) < 4.78 is 12.1. The number of hydrogen-bond acceptors (Lipinski definition) is 6. The fraction of sp³-hybridized carbons (Fsp3) is 0.143. The number of hydrogen-bond donors (Lipinski definition) is 0. The summed E-state index contributed by atoms with van der Waals surface area (Å²) in [4.78, 5) is 25.3. The molecule has 8 heteroatoms. The van der Waals surface area contributed by atoms with Crippen molar-refractivity contribution in [3.8, 4) is 23.0 Å². The molecule has 2 aliphatic heterocycles. The number of para-hydroxylation sites is 1. The molecule has 0 aromatic heterocycles. The molecule has 0 amide bonds. The molecule has 0 radical (unpaired) electrons. The maximum Gasteiger partial charge on any atom is 0.313 e. The van der Waals surface area contributed by atoms with E-state index in [4.69, 9.17) is 26.0 Å². The molecule has 0 atom stereocenters. The fourth-order valence-corrected chi connectivity index (χ4v) is 3.18. The highest BCUT2D eigenvalue weighted by Crippen LogP contribution is 2.32. The summed E-state index contributed by atoms with van der Waals surface area (Å²) in [6.45, 7) is -0.0136. The van der Waals surface area contributed by atoms with Crippen molar-refractivity contribution in [3.05, 3.63) is 69.7 Å². The maximum absolute atomic E-state index is 13.1. The minimum atomic E-state index is -0.584. The van der Waals surface area contributed by atoms with E-state index in [1.54, 1.807) is 42.5 Å². The average molecular weight is 408 g/mol. The number of halogens is 1. The molecule has 4 rings (SSSR count). The number of carbonyl (C=O) groups is 1. The molecule has 144 valence electrons. The van der Waals surface area contributed by atoms with E-state index >= 15 is 0 Å². The van der Waals surface area contributed by atoms with Crippen molar-refractivity contribution < 1.29 is 13.9 Å². The van der Waals surface area contributed by atoms with Crippen LogP contribution in [0.2, 0.25) is 5.02 Å². The largest absolute Gasteiger partial charge is 0.464 e. The Hall–Kier alpha value is -3.63. The molecule has 7 nitrogen and oxygen atoms in total. The summed E-state index contributed by atoms with van der Waals surface area (Å²) in [6, 6.07) is 15.8. The minimum Gasteiger partial charge on any atom is -0.464 e. The van der Waals surface area contributed by atoms with Crippen LogP contribution < -0.4 is 5.56 Å². The smallest absolute Gasteiger partial charge is 0.313 e. The summed E-state index contributed by atoms with van der Waals surface area (Å²) in [6.07, 6.45) is -0.147. The first-order valence-corrected chi connectivity index (χ1v) is 9.18. The summed E-state index contributed by atoms with van der Waals surface area (Å²) in [5.74, 6) is -0.412. The zero-order valence-electron chi connectivity index (χ0n) is 15.1. The van der Waals surface area contributed by atoms with Crippen molar-refractivity contribution in [1.29, 1.82) is 5.26 Å². The van der Waals surface area contributed by atoms with Gasteiger partial charge >= 0.3 is 5.97 Å². The number of nitriles is 1. The minimum absolute atomic E-state index is 0.0136. The average Bonchev–Trinajstić information content (AvgIpc) is 3.07. The third kappa shape index (κ3) is 3.58. The van der Waals surface area contributed by atoms with Gasteiger partial charge in [-0.3, -0.25) is 9.59 Å². The van der Waals surface area contributed by atoms with Gasteiger partial charge in [-0.25, -0.2) is 0 Å². The molecule has 0 saturated heterocycles. The lowest BCUT2D eigenvalue weighted by Gasteiger charge is -2.08. The van der Waals surface area contributed by atoms with Crippen molar-refractivity contribution in [2.75, 3.05) is 6.61 Å². The highest BCUT2D eigenvalue weighted by atomic mass is 35.5. The number of nitrogens with zero attached hydrogens (tertiary/aromatic N) is 3. The van der Waals surface area contributed by atoms with Gasteiger partial charge in [0.05, 0.1) is 18.2 Å². The zero-order chi connectivity index (χ0) is 20.4. The number of ether oxygens (including phenoxy) is 1. The van der Waals surface area contributed by atoms with Crippen LogP contribution >= 0.6 is 11.6 Å². The van der Waals surface area contributed by atoms with Gasteiger partial charge in [-0.15, -0.1) is 0 Å². The van der Waals surface area contributed by atoms with E-state index in [9.17, 15) is 9.59 Å². The second kappa shape index (κ2) is 7.78. The first-order chi connectivity index (χ1) is 14.1. The maximum atomic E-state index is 13.1. The van der Waals surface area contributed by atoms with Crippen LogP contribution in [0.5, 0.6) is 0 Å². The first-order valence-electron chi connectivity index (χ1n) is 8.80. The molecule has 0 bridgehead atoms. The van der Waals surface area contributed by atoms with Gasteiger partial charge in [-0.2, -0.15) is 15.0 Å². The third-order valence-corrected chi connectivity index (χ3v) is 4.60. The van der Waals surface area contributed by atoms with Crippen molar-refractivity contribution in [2.45, 2.75) is 12.8 Å². The van der Waals surface area contributed by atoms with Crippen LogP contribution in [-0.2, 0) is 16.0 Å². The van der Waals surface area contributed by atoms with Gasteiger partial charge in [0.1, 0.15) is 35.6 Å². The lowest BCUT2D eigenvalue weighted by atomic mass is 10.1. The van der Waals surface area contributed by atoms with Crippen LogP contribution in [0.25, 0.3) is 27.9 Å². The van der Waals surface area contributed by atoms with Gasteiger partial charge in [0.2, 0.25) is 0 Å². The highest BCUT2D eigenvalue weighted by molar-refractivity contribution is 6.30. The molecular weight excluding hydrogens is 394 g/mol. The molecule has 2 aromatic carbocycles. The normalized spacial score (nSPS) is 10.9. The van der Waals surface area contributed by atoms with E-state index < -0.39 is 11.5 Å². The van der Waals surface area contributed by atoms with E-state index in [1.807, 2.05) is 12.1 Å². The highest BCUT2D eigenvalue weighted by Gasteiger charge is 2.26. The van der Waals surface area contributed by atoms with Crippen LogP contribution in [0, 0.1) is 11.3 Å². The molecule has 0 unspecified atom stereocenters. The van der Waals surface area contributed by atoms with Crippen molar-refractivity contribution in [3.63, 3.8) is 0 Å². The predicted molar refractivity (Wildman–Crippen MR) is 106 cm³/mol. The van der Waals surface area contributed by atoms with E-state index in [1.165, 1.54) is 4.68 Å². The summed E-state index contributed by atoms with van der Waals surface area (Å²) >= 11 is 5.94. The molecular formula is C21H14ClN3O4. The number of benzene rings is 2. The van der Waals surface area contributed by atoms with Crippen LogP contribution in [0.3, 0.4) is 0 Å². The number of esters is 1. The first kappa shape index (κ1) is 18.7. The number of aromatic nitrogens is 2. The molecule has 0 spiro atoms. The van der Waals surface area contributed by atoms with Crippen LogP contribution in [-0.4, -0.2) is 22.4 Å². The van der Waals surface area contributed by atoms with Crippen LogP contribution in [0.1, 0.15) is 12.2 Å². The number of fused-ring (bicyclic) bond motifs is 3. The van der Waals surface area contributed by atoms with E-state index in [2.05, 4.69) is 5.10 Å². The van der Waals surface area contributed by atoms with Crippen LogP contribution in [0.4, 0.5) is 0 Å². The molecule has 2 aromatic rings. The monoisotopic (exact) mass is 407 g/mol.